The van der Waals surface area contributed by atoms with Crippen molar-refractivity contribution < 1.29 is 4.52 Å². The Morgan fingerprint density at radius 3 is 2.42 bits per heavy atom. The SMILES string of the molecule is CN(C)CCN(N)c1nc(NCN(C)CCN(N)c2noc(=O)[nH]2)n[nH]1. The van der Waals surface area contributed by atoms with Gasteiger partial charge in [-0.1, -0.05) is 0 Å². The molecule has 0 aromatic carbocycles. The van der Waals surface area contributed by atoms with E-state index in [1.807, 2.05) is 30.9 Å². The first kappa shape index (κ1) is 19.6. The van der Waals surface area contributed by atoms with Gasteiger partial charge >= 0.3 is 5.76 Å². The molecule has 0 aliphatic rings. The summed E-state index contributed by atoms with van der Waals surface area (Å²) >= 11 is 0. The fourth-order valence-corrected chi connectivity index (χ4v) is 1.89. The predicted molar refractivity (Wildman–Crippen MR) is 96.2 cm³/mol. The van der Waals surface area contributed by atoms with Crippen LogP contribution in [-0.2, 0) is 0 Å². The Kier molecular flexibility index (Phi) is 6.90. The molecule has 146 valence electrons. The minimum Gasteiger partial charge on any atom is -0.340 e. The molecule has 0 radical (unpaired) electrons. The Labute approximate surface area is 150 Å². The van der Waals surface area contributed by atoms with Crippen molar-refractivity contribution in [3.63, 3.8) is 0 Å². The van der Waals surface area contributed by atoms with Crippen LogP contribution in [0.1, 0.15) is 0 Å². The average molecular weight is 370 g/mol. The zero-order valence-electron chi connectivity index (χ0n) is 15.1. The number of anilines is 3. The van der Waals surface area contributed by atoms with Crippen molar-refractivity contribution in [3.05, 3.63) is 10.6 Å². The van der Waals surface area contributed by atoms with Crippen molar-refractivity contribution >= 4 is 17.8 Å². The van der Waals surface area contributed by atoms with Gasteiger partial charge in [-0.2, -0.15) is 4.98 Å². The second-order valence-electron chi connectivity index (χ2n) is 6.01. The van der Waals surface area contributed by atoms with Crippen molar-refractivity contribution in [2.45, 2.75) is 0 Å². The van der Waals surface area contributed by atoms with Gasteiger partial charge in [0.2, 0.25) is 11.9 Å². The van der Waals surface area contributed by atoms with Crippen LogP contribution in [0.2, 0.25) is 0 Å². The van der Waals surface area contributed by atoms with Gasteiger partial charge in [0, 0.05) is 19.6 Å². The van der Waals surface area contributed by atoms with Crippen LogP contribution in [0.3, 0.4) is 0 Å². The summed E-state index contributed by atoms with van der Waals surface area (Å²) in [7, 11) is 5.84. The van der Waals surface area contributed by atoms with Gasteiger partial charge in [0.05, 0.1) is 13.2 Å². The lowest BCUT2D eigenvalue weighted by Crippen LogP contribution is -2.40. The fraction of sp³-hybridized carbons (Fsp3) is 0.667. The van der Waals surface area contributed by atoms with Crippen LogP contribution in [0.5, 0.6) is 0 Å². The zero-order chi connectivity index (χ0) is 19.1. The molecular formula is C12H26N12O2. The minimum atomic E-state index is -0.648. The molecule has 0 amide bonds. The van der Waals surface area contributed by atoms with Gasteiger partial charge in [-0.15, -0.1) is 5.10 Å². The lowest BCUT2D eigenvalue weighted by Gasteiger charge is -2.20. The summed E-state index contributed by atoms with van der Waals surface area (Å²) in [6.07, 6.45) is 0. The quantitative estimate of drug-likeness (QED) is 0.158. The summed E-state index contributed by atoms with van der Waals surface area (Å²) in [6.45, 7) is 2.94. The standard InChI is InChI=1S/C12H26N12O2/c1-21(2)4-6-23(13)10-16-9(18-19-10)15-8-22(3)5-7-24(14)11-17-12(25)26-20-11/h4-8,13-14H2,1-3H3,(H,17,20,25)(H2,15,16,18,19). The molecule has 26 heavy (non-hydrogen) atoms. The molecule has 2 aromatic rings. The lowest BCUT2D eigenvalue weighted by molar-refractivity contribution is 0.359. The molecule has 0 fully saturated rings. The van der Waals surface area contributed by atoms with Crippen LogP contribution in [0.4, 0.5) is 17.8 Å². The fourth-order valence-electron chi connectivity index (χ4n) is 1.89. The van der Waals surface area contributed by atoms with Gasteiger partial charge in [0.15, 0.2) is 0 Å². The third kappa shape index (κ3) is 5.99. The summed E-state index contributed by atoms with van der Waals surface area (Å²) in [4.78, 5) is 21.5. The van der Waals surface area contributed by atoms with Crippen LogP contribution >= 0.6 is 0 Å². The molecule has 0 unspecified atom stereocenters. The number of hydrogen-bond donors (Lipinski definition) is 5. The van der Waals surface area contributed by atoms with Crippen molar-refractivity contribution in [1.82, 2.24) is 35.1 Å². The van der Waals surface area contributed by atoms with Crippen LogP contribution < -0.4 is 32.8 Å². The number of rotatable bonds is 11. The van der Waals surface area contributed by atoms with Crippen molar-refractivity contribution in [2.75, 3.05) is 69.3 Å². The highest BCUT2D eigenvalue weighted by atomic mass is 16.5. The van der Waals surface area contributed by atoms with E-state index in [-0.39, 0.29) is 5.95 Å². The number of hydrogen-bond acceptors (Lipinski definition) is 12. The van der Waals surface area contributed by atoms with E-state index in [9.17, 15) is 4.79 Å². The predicted octanol–water partition coefficient (Wildman–Crippen LogP) is -2.60. The molecular weight excluding hydrogens is 344 g/mol. The molecule has 2 rings (SSSR count). The smallest absolute Gasteiger partial charge is 0.340 e. The van der Waals surface area contributed by atoms with E-state index in [0.717, 1.165) is 6.54 Å². The first-order valence-electron chi connectivity index (χ1n) is 7.95. The Morgan fingerprint density at radius 1 is 1.08 bits per heavy atom. The van der Waals surface area contributed by atoms with E-state index < -0.39 is 5.76 Å². The van der Waals surface area contributed by atoms with E-state index in [0.29, 0.717) is 38.2 Å². The maximum atomic E-state index is 10.9. The van der Waals surface area contributed by atoms with Gasteiger partial charge in [0.1, 0.15) is 0 Å². The first-order chi connectivity index (χ1) is 12.3. The lowest BCUT2D eigenvalue weighted by atomic mass is 10.5. The minimum absolute atomic E-state index is 0.177. The summed E-state index contributed by atoms with van der Waals surface area (Å²) in [5.74, 6) is 12.2. The van der Waals surface area contributed by atoms with Crippen molar-refractivity contribution in [3.8, 4) is 0 Å². The number of H-pyrrole nitrogens is 2. The summed E-state index contributed by atoms with van der Waals surface area (Å²) in [5.41, 5.74) is 0. The van der Waals surface area contributed by atoms with E-state index in [2.05, 4.69) is 35.2 Å². The highest BCUT2D eigenvalue weighted by molar-refractivity contribution is 5.34. The van der Waals surface area contributed by atoms with Crippen LogP contribution in [0.15, 0.2) is 9.32 Å². The van der Waals surface area contributed by atoms with Gasteiger partial charge < -0.3 is 10.2 Å². The molecule has 0 saturated carbocycles. The molecule has 2 aromatic heterocycles. The normalized spacial score (nSPS) is 11.3. The van der Waals surface area contributed by atoms with E-state index in [1.54, 1.807) is 0 Å². The first-order valence-corrected chi connectivity index (χ1v) is 7.95. The zero-order valence-corrected chi connectivity index (χ0v) is 15.1. The van der Waals surface area contributed by atoms with Gasteiger partial charge in [0.25, 0.3) is 5.95 Å². The second kappa shape index (κ2) is 9.14. The molecule has 7 N–H and O–H groups in total. The Bertz CT molecular complexity index is 709. The molecule has 0 saturated heterocycles. The summed E-state index contributed by atoms with van der Waals surface area (Å²) in [6, 6.07) is 0. The average Bonchev–Trinajstić information content (AvgIpc) is 3.24. The van der Waals surface area contributed by atoms with Gasteiger partial charge in [-0.25, -0.2) is 21.6 Å². The molecule has 14 heteroatoms. The summed E-state index contributed by atoms with van der Waals surface area (Å²) < 4.78 is 4.40. The summed E-state index contributed by atoms with van der Waals surface area (Å²) in [5, 5.41) is 16.3. The van der Waals surface area contributed by atoms with E-state index in [4.69, 9.17) is 11.7 Å². The maximum Gasteiger partial charge on any atom is 0.440 e. The van der Waals surface area contributed by atoms with Gasteiger partial charge in [-0.05, 0) is 26.3 Å². The molecule has 0 atom stereocenters. The Morgan fingerprint density at radius 2 is 1.77 bits per heavy atom. The largest absolute Gasteiger partial charge is 0.440 e. The molecule has 2 heterocycles. The number of nitrogens with zero attached hydrogens (tertiary/aromatic N) is 7. The van der Waals surface area contributed by atoms with Crippen molar-refractivity contribution in [2.24, 2.45) is 11.7 Å². The molecule has 0 aliphatic carbocycles. The third-order valence-electron chi connectivity index (χ3n) is 3.46. The Balaban J connectivity index is 1.72. The number of nitrogens with two attached hydrogens (primary N) is 2. The molecule has 0 bridgehead atoms. The second-order valence-corrected chi connectivity index (χ2v) is 6.01. The monoisotopic (exact) mass is 370 g/mol. The van der Waals surface area contributed by atoms with E-state index in [1.165, 1.54) is 10.0 Å². The topological polar surface area (TPSA) is 177 Å². The number of hydrazine groups is 2. The maximum absolute atomic E-state index is 10.9. The molecule has 14 nitrogen and oxygen atoms in total. The van der Waals surface area contributed by atoms with Crippen LogP contribution in [0.25, 0.3) is 0 Å². The van der Waals surface area contributed by atoms with Crippen LogP contribution in [-0.4, -0.2) is 89.1 Å². The number of aromatic amines is 2. The number of likely N-dealkylation sites (N-methyl/N-ethyl adjacent to an activating group) is 2. The number of aromatic nitrogens is 5. The molecule has 0 spiro atoms. The van der Waals surface area contributed by atoms with E-state index >= 15 is 0 Å². The highest BCUT2D eigenvalue weighted by Crippen LogP contribution is 2.06. The third-order valence-corrected chi connectivity index (χ3v) is 3.46. The van der Waals surface area contributed by atoms with Crippen molar-refractivity contribution in [1.29, 1.82) is 0 Å². The van der Waals surface area contributed by atoms with Crippen LogP contribution in [0, 0.1) is 0 Å². The number of nitrogens with one attached hydrogen (secondary N) is 3. The Hall–Kier alpha value is -2.68. The molecule has 0 aliphatic heterocycles. The van der Waals surface area contributed by atoms with Gasteiger partial charge in [-0.3, -0.25) is 24.4 Å². The highest BCUT2D eigenvalue weighted by Gasteiger charge is 2.11.